The molecule has 74 heavy (non-hydrogen) atoms. The third-order valence-electron chi connectivity index (χ3n) is 12.3. The van der Waals surface area contributed by atoms with E-state index in [9.17, 15) is 28.9 Å². The average Bonchev–Trinajstić information content (AvgIpc) is 3.39. The Morgan fingerprint density at radius 2 is 0.703 bits per heavy atom. The average molecular weight is 1060 g/mol. The maximum atomic E-state index is 12.9. The van der Waals surface area contributed by atoms with Gasteiger partial charge in [-0.1, -0.05) is 228 Å². The van der Waals surface area contributed by atoms with Gasteiger partial charge in [0, 0.05) is 19.3 Å². The Labute approximate surface area is 451 Å². The molecule has 0 radical (unpaired) electrons. The molecule has 0 aromatic rings. The van der Waals surface area contributed by atoms with Crippen molar-refractivity contribution in [1.29, 1.82) is 0 Å². The van der Waals surface area contributed by atoms with Crippen LogP contribution in [0.4, 0.5) is 0 Å². The summed E-state index contributed by atoms with van der Waals surface area (Å²) < 4.78 is 39.5. The Kier molecular flexibility index (Phi) is 53.4. The number of aliphatic hydroxyl groups is 1. The minimum atomic E-state index is -4.76. The van der Waals surface area contributed by atoms with Gasteiger partial charge < -0.3 is 24.2 Å². The zero-order valence-corrected chi connectivity index (χ0v) is 47.9. The van der Waals surface area contributed by atoms with E-state index >= 15 is 0 Å². The highest BCUT2D eigenvalue weighted by Gasteiger charge is 2.28. The van der Waals surface area contributed by atoms with Crippen molar-refractivity contribution in [3.05, 3.63) is 85.1 Å². The third-order valence-corrected chi connectivity index (χ3v) is 13.3. The lowest BCUT2D eigenvalue weighted by Gasteiger charge is -2.21. The van der Waals surface area contributed by atoms with Gasteiger partial charge in [-0.3, -0.25) is 23.4 Å². The van der Waals surface area contributed by atoms with Crippen molar-refractivity contribution in [2.45, 2.75) is 264 Å². The highest BCUT2D eigenvalue weighted by Crippen LogP contribution is 2.43. The van der Waals surface area contributed by atoms with E-state index in [2.05, 4.69) is 106 Å². The van der Waals surface area contributed by atoms with Gasteiger partial charge in [0.25, 0.3) is 0 Å². The Bertz CT molecular complexity index is 1560. The molecule has 426 valence electrons. The second-order valence-corrected chi connectivity index (χ2v) is 20.9. The fraction of sp³-hybridized carbons (Fsp3) is 0.726. The Balaban J connectivity index is 4.77. The standard InChI is InChI=1S/C62H107O11P/c1-4-7-10-13-16-19-22-25-28-29-32-35-38-41-44-47-50-53-62(66)73-59(55-69-60(64)51-48-45-42-39-36-33-30-26-23-20-17-14-11-8-5-2)57-71-74(67,68)70-56-58(54-63)72-61(65)52-49-46-43-40-37-34-31-27-24-21-18-15-12-9-6-3/h7-8,10-11,16-17,19-20,25-26,28,30,32,35,58-59,63H,4-6,9,12-15,18,21-24,27,29,31,33-34,36-57H2,1-3H3,(H,67,68)/b10-7-,11-8-,19-16-,20-17-,28-25-,30-26-,35-32-. The topological polar surface area (TPSA) is 155 Å². The number of rotatable bonds is 54. The van der Waals surface area contributed by atoms with Crippen LogP contribution in [0.1, 0.15) is 252 Å². The third kappa shape index (κ3) is 53.5. The summed E-state index contributed by atoms with van der Waals surface area (Å²) in [5.74, 6) is -1.51. The largest absolute Gasteiger partial charge is 0.472 e. The number of carbonyl (C=O) groups is 3. The Hall–Kier alpha value is -3.34. The van der Waals surface area contributed by atoms with Gasteiger partial charge in [0.1, 0.15) is 12.7 Å². The van der Waals surface area contributed by atoms with Crippen LogP contribution in [0.5, 0.6) is 0 Å². The smallest absolute Gasteiger partial charge is 0.462 e. The van der Waals surface area contributed by atoms with Crippen LogP contribution in [-0.4, -0.2) is 66.5 Å². The lowest BCUT2D eigenvalue weighted by molar-refractivity contribution is -0.161. The molecule has 3 atom stereocenters. The number of unbranched alkanes of at least 4 members (excludes halogenated alkanes) is 23. The number of allylic oxidation sites excluding steroid dienone is 14. The number of esters is 3. The minimum absolute atomic E-state index is 0.133. The van der Waals surface area contributed by atoms with Crippen LogP contribution in [0.3, 0.4) is 0 Å². The predicted octanol–water partition coefficient (Wildman–Crippen LogP) is 17.5. The minimum Gasteiger partial charge on any atom is -0.462 e. The first kappa shape index (κ1) is 70.7. The van der Waals surface area contributed by atoms with E-state index in [1.165, 1.54) is 70.6 Å². The van der Waals surface area contributed by atoms with Crippen molar-refractivity contribution < 1.29 is 52.2 Å². The highest BCUT2D eigenvalue weighted by molar-refractivity contribution is 7.47. The lowest BCUT2D eigenvalue weighted by atomic mass is 10.0. The molecule has 0 aromatic carbocycles. The highest BCUT2D eigenvalue weighted by atomic mass is 31.2. The SMILES string of the molecule is CC/C=C\C/C=C\C/C=C\C/C=C\CCCCCCC(=O)OC(COC(=O)CCCCCCC/C=C\C/C=C\C/C=C\CC)COP(=O)(O)OCC(CO)OC(=O)CCCCCCCCCCCCCCCCC. The number of phosphoric acid groups is 1. The zero-order chi connectivity index (χ0) is 54.1. The maximum Gasteiger partial charge on any atom is 0.472 e. The zero-order valence-electron chi connectivity index (χ0n) is 47.0. The van der Waals surface area contributed by atoms with Crippen molar-refractivity contribution in [3.8, 4) is 0 Å². The maximum absolute atomic E-state index is 12.9. The summed E-state index contributed by atoms with van der Waals surface area (Å²) >= 11 is 0. The first-order valence-corrected chi connectivity index (χ1v) is 31.0. The fourth-order valence-corrected chi connectivity index (χ4v) is 8.68. The van der Waals surface area contributed by atoms with Gasteiger partial charge in [-0.05, 0) is 89.9 Å². The number of ether oxygens (including phenoxy) is 3. The molecule has 0 rings (SSSR count). The van der Waals surface area contributed by atoms with Crippen molar-refractivity contribution in [1.82, 2.24) is 0 Å². The van der Waals surface area contributed by atoms with Crippen LogP contribution in [0.25, 0.3) is 0 Å². The molecule has 2 N–H and O–H groups in total. The van der Waals surface area contributed by atoms with Gasteiger partial charge in [0.05, 0.1) is 19.8 Å². The monoisotopic (exact) mass is 1060 g/mol. The molecule has 0 aliphatic rings. The van der Waals surface area contributed by atoms with Gasteiger partial charge in [-0.15, -0.1) is 0 Å². The number of carbonyl (C=O) groups excluding carboxylic acids is 3. The molecule has 0 amide bonds. The van der Waals surface area contributed by atoms with Crippen molar-refractivity contribution in [2.75, 3.05) is 26.4 Å². The number of phosphoric ester groups is 1. The van der Waals surface area contributed by atoms with Gasteiger partial charge in [-0.25, -0.2) is 4.57 Å². The van der Waals surface area contributed by atoms with E-state index in [1.54, 1.807) is 0 Å². The summed E-state index contributed by atoms with van der Waals surface area (Å²) in [7, 11) is -4.76. The second-order valence-electron chi connectivity index (χ2n) is 19.4. The first-order valence-electron chi connectivity index (χ1n) is 29.5. The summed E-state index contributed by atoms with van der Waals surface area (Å²) in [6, 6.07) is 0. The quantitative estimate of drug-likeness (QED) is 0.0197. The molecule has 3 unspecified atom stereocenters. The van der Waals surface area contributed by atoms with Gasteiger partial charge in [-0.2, -0.15) is 0 Å². The van der Waals surface area contributed by atoms with Crippen molar-refractivity contribution in [2.24, 2.45) is 0 Å². The summed E-state index contributed by atoms with van der Waals surface area (Å²) in [4.78, 5) is 48.6. The summed E-state index contributed by atoms with van der Waals surface area (Å²) in [6.45, 7) is 4.39. The molecular formula is C62H107O11P. The summed E-state index contributed by atoms with van der Waals surface area (Å²) in [5, 5.41) is 9.82. The number of hydrogen-bond acceptors (Lipinski definition) is 10. The number of aliphatic hydroxyl groups excluding tert-OH is 1. The molecule has 12 heteroatoms. The molecule has 0 bridgehead atoms. The molecule has 0 fully saturated rings. The molecule has 0 aliphatic heterocycles. The van der Waals surface area contributed by atoms with Crippen LogP contribution in [0.2, 0.25) is 0 Å². The predicted molar refractivity (Wildman–Crippen MR) is 307 cm³/mol. The Morgan fingerprint density at radius 1 is 0.392 bits per heavy atom. The lowest BCUT2D eigenvalue weighted by Crippen LogP contribution is -2.30. The molecule has 0 spiro atoms. The van der Waals surface area contributed by atoms with Crippen molar-refractivity contribution >= 4 is 25.7 Å². The summed E-state index contributed by atoms with van der Waals surface area (Å²) in [5.41, 5.74) is 0. The second kappa shape index (κ2) is 55.9. The van der Waals surface area contributed by atoms with Gasteiger partial charge in [0.15, 0.2) is 6.10 Å². The van der Waals surface area contributed by atoms with Crippen LogP contribution in [0.15, 0.2) is 85.1 Å². The van der Waals surface area contributed by atoms with E-state index in [0.29, 0.717) is 19.3 Å². The van der Waals surface area contributed by atoms with Crippen LogP contribution >= 0.6 is 7.82 Å². The molecule has 0 heterocycles. The van der Waals surface area contributed by atoms with E-state index in [4.69, 9.17) is 23.3 Å². The summed E-state index contributed by atoms with van der Waals surface area (Å²) in [6.07, 6.45) is 63.9. The Morgan fingerprint density at radius 3 is 1.08 bits per heavy atom. The van der Waals surface area contributed by atoms with E-state index < -0.39 is 57.8 Å². The fourth-order valence-electron chi connectivity index (χ4n) is 7.89. The molecule has 0 saturated carbocycles. The van der Waals surface area contributed by atoms with E-state index in [0.717, 1.165) is 122 Å². The van der Waals surface area contributed by atoms with Crippen LogP contribution < -0.4 is 0 Å². The molecule has 0 aliphatic carbocycles. The van der Waals surface area contributed by atoms with Gasteiger partial charge >= 0.3 is 25.7 Å². The molecular weight excluding hydrogens is 952 g/mol. The van der Waals surface area contributed by atoms with Gasteiger partial charge in [0.2, 0.25) is 0 Å². The normalized spacial score (nSPS) is 14.0. The van der Waals surface area contributed by atoms with E-state index in [-0.39, 0.29) is 25.9 Å². The first-order chi connectivity index (χ1) is 36.2. The molecule has 0 aromatic heterocycles. The van der Waals surface area contributed by atoms with Crippen LogP contribution in [-0.2, 0) is 42.2 Å². The molecule has 11 nitrogen and oxygen atoms in total. The van der Waals surface area contributed by atoms with Crippen LogP contribution in [0, 0.1) is 0 Å². The molecule has 0 saturated heterocycles. The van der Waals surface area contributed by atoms with Crippen molar-refractivity contribution in [3.63, 3.8) is 0 Å². The number of hydrogen-bond donors (Lipinski definition) is 2. The van der Waals surface area contributed by atoms with E-state index in [1.807, 2.05) is 0 Å².